The Balaban J connectivity index is 2.00. The second-order valence-corrected chi connectivity index (χ2v) is 5.45. The molecule has 0 amide bonds. The molecule has 1 unspecified atom stereocenters. The second-order valence-electron chi connectivity index (χ2n) is 5.45. The molecule has 2 rings (SSSR count). The molecule has 102 valence electrons. The van der Waals surface area contributed by atoms with Gasteiger partial charge in [-0.2, -0.15) is 5.26 Å². The summed E-state index contributed by atoms with van der Waals surface area (Å²) in [6.07, 6.45) is 0.628. The van der Waals surface area contributed by atoms with Gasteiger partial charge in [-0.25, -0.2) is 0 Å². The second kappa shape index (κ2) is 6.08. The lowest BCUT2D eigenvalue weighted by atomic mass is 10.1. The molecule has 0 bridgehead atoms. The average Bonchev–Trinajstić information content (AvgIpc) is 2.42. The van der Waals surface area contributed by atoms with Gasteiger partial charge in [0.15, 0.2) is 0 Å². The van der Waals surface area contributed by atoms with E-state index in [0.717, 1.165) is 26.2 Å². The SMILES string of the molecule is Cc1cccc(N2CCN(C(C)CC#N)CC2)c1C. The predicted molar refractivity (Wildman–Crippen MR) is 79.4 cm³/mol. The summed E-state index contributed by atoms with van der Waals surface area (Å²) in [5.41, 5.74) is 4.12. The maximum absolute atomic E-state index is 8.78. The molecule has 1 aromatic carbocycles. The van der Waals surface area contributed by atoms with E-state index in [1.54, 1.807) is 0 Å². The standard InChI is InChI=1S/C16H23N3/c1-13-5-4-6-16(15(13)3)19-11-9-18(10-12-19)14(2)7-8-17/h4-6,14H,7,9-12H2,1-3H3. The van der Waals surface area contributed by atoms with Crippen LogP contribution in [-0.2, 0) is 0 Å². The fourth-order valence-corrected chi connectivity index (χ4v) is 2.74. The van der Waals surface area contributed by atoms with Crippen LogP contribution in [0.25, 0.3) is 0 Å². The Kier molecular flexibility index (Phi) is 4.44. The maximum atomic E-state index is 8.78. The summed E-state index contributed by atoms with van der Waals surface area (Å²) in [5, 5.41) is 8.78. The molecule has 1 heterocycles. The first kappa shape index (κ1) is 13.9. The fraction of sp³-hybridized carbons (Fsp3) is 0.562. The summed E-state index contributed by atoms with van der Waals surface area (Å²) in [5.74, 6) is 0. The van der Waals surface area contributed by atoms with E-state index >= 15 is 0 Å². The summed E-state index contributed by atoms with van der Waals surface area (Å²) in [4.78, 5) is 4.89. The minimum atomic E-state index is 0.380. The van der Waals surface area contributed by atoms with Gasteiger partial charge in [0.05, 0.1) is 12.5 Å². The topological polar surface area (TPSA) is 30.3 Å². The van der Waals surface area contributed by atoms with Crippen molar-refractivity contribution in [1.82, 2.24) is 4.90 Å². The third-order valence-corrected chi connectivity index (χ3v) is 4.24. The van der Waals surface area contributed by atoms with E-state index in [2.05, 4.69) is 54.8 Å². The van der Waals surface area contributed by atoms with Crippen molar-refractivity contribution in [2.24, 2.45) is 0 Å². The molecule has 0 aromatic heterocycles. The molecule has 0 spiro atoms. The largest absolute Gasteiger partial charge is 0.369 e. The highest BCUT2D eigenvalue weighted by Gasteiger charge is 2.21. The highest BCUT2D eigenvalue weighted by molar-refractivity contribution is 5.56. The van der Waals surface area contributed by atoms with Crippen molar-refractivity contribution in [1.29, 1.82) is 5.26 Å². The van der Waals surface area contributed by atoms with Crippen molar-refractivity contribution in [2.45, 2.75) is 33.2 Å². The molecule has 1 atom stereocenters. The van der Waals surface area contributed by atoms with Gasteiger partial charge in [-0.15, -0.1) is 0 Å². The average molecular weight is 257 g/mol. The lowest BCUT2D eigenvalue weighted by Crippen LogP contribution is -2.49. The molecule has 0 radical (unpaired) electrons. The number of piperazine rings is 1. The Hall–Kier alpha value is -1.53. The lowest BCUT2D eigenvalue weighted by molar-refractivity contribution is 0.199. The molecular weight excluding hydrogens is 234 g/mol. The number of nitrogens with zero attached hydrogens (tertiary/aromatic N) is 3. The molecule has 19 heavy (non-hydrogen) atoms. The van der Waals surface area contributed by atoms with Gasteiger partial charge in [0.1, 0.15) is 0 Å². The zero-order valence-corrected chi connectivity index (χ0v) is 12.2. The third-order valence-electron chi connectivity index (χ3n) is 4.24. The van der Waals surface area contributed by atoms with E-state index < -0.39 is 0 Å². The minimum Gasteiger partial charge on any atom is -0.369 e. The molecule has 1 aliphatic rings. The number of anilines is 1. The first-order chi connectivity index (χ1) is 9.13. The summed E-state index contributed by atoms with van der Waals surface area (Å²) in [6.45, 7) is 10.7. The van der Waals surface area contributed by atoms with Crippen molar-refractivity contribution in [2.75, 3.05) is 31.1 Å². The predicted octanol–water partition coefficient (Wildman–Crippen LogP) is 2.73. The first-order valence-electron chi connectivity index (χ1n) is 7.05. The van der Waals surface area contributed by atoms with E-state index in [1.807, 2.05) is 0 Å². The monoisotopic (exact) mass is 257 g/mol. The molecule has 0 N–H and O–H groups in total. The van der Waals surface area contributed by atoms with Gasteiger partial charge in [-0.05, 0) is 38.0 Å². The van der Waals surface area contributed by atoms with E-state index in [1.165, 1.54) is 16.8 Å². The Morgan fingerprint density at radius 3 is 2.53 bits per heavy atom. The first-order valence-corrected chi connectivity index (χ1v) is 7.05. The van der Waals surface area contributed by atoms with Gasteiger partial charge in [0.2, 0.25) is 0 Å². The smallest absolute Gasteiger partial charge is 0.0638 e. The van der Waals surface area contributed by atoms with Crippen LogP contribution in [0, 0.1) is 25.2 Å². The van der Waals surface area contributed by atoms with Crippen LogP contribution >= 0.6 is 0 Å². The Bertz CT molecular complexity index is 467. The van der Waals surface area contributed by atoms with Crippen LogP contribution in [0.2, 0.25) is 0 Å². The van der Waals surface area contributed by atoms with Gasteiger partial charge >= 0.3 is 0 Å². The molecule has 3 heteroatoms. The van der Waals surface area contributed by atoms with Crippen molar-refractivity contribution in [3.05, 3.63) is 29.3 Å². The number of benzene rings is 1. The highest BCUT2D eigenvalue weighted by Crippen LogP contribution is 2.24. The van der Waals surface area contributed by atoms with Gasteiger partial charge in [-0.1, -0.05) is 12.1 Å². The van der Waals surface area contributed by atoms with Crippen LogP contribution < -0.4 is 4.90 Å². The van der Waals surface area contributed by atoms with Crippen molar-refractivity contribution in [3.8, 4) is 6.07 Å². The van der Waals surface area contributed by atoms with Crippen molar-refractivity contribution < 1.29 is 0 Å². The van der Waals surface area contributed by atoms with Gasteiger partial charge in [-0.3, -0.25) is 4.90 Å². The zero-order chi connectivity index (χ0) is 13.8. The molecule has 0 aliphatic carbocycles. The molecule has 1 aliphatic heterocycles. The van der Waals surface area contributed by atoms with E-state index in [4.69, 9.17) is 5.26 Å². The normalized spacial score (nSPS) is 18.1. The van der Waals surface area contributed by atoms with E-state index in [-0.39, 0.29) is 0 Å². The molecule has 1 fully saturated rings. The minimum absolute atomic E-state index is 0.380. The number of nitriles is 1. The van der Waals surface area contributed by atoms with Crippen LogP contribution in [0.1, 0.15) is 24.5 Å². The van der Waals surface area contributed by atoms with Crippen LogP contribution in [-0.4, -0.2) is 37.1 Å². The number of hydrogen-bond donors (Lipinski definition) is 0. The Labute approximate surface area is 116 Å². The van der Waals surface area contributed by atoms with Crippen molar-refractivity contribution in [3.63, 3.8) is 0 Å². The van der Waals surface area contributed by atoms with Gasteiger partial charge in [0, 0.05) is 37.9 Å². The molecule has 1 aromatic rings. The lowest BCUT2D eigenvalue weighted by Gasteiger charge is -2.39. The van der Waals surface area contributed by atoms with Gasteiger partial charge < -0.3 is 4.90 Å². The summed E-state index contributed by atoms with van der Waals surface area (Å²) >= 11 is 0. The molecule has 3 nitrogen and oxygen atoms in total. The number of hydrogen-bond acceptors (Lipinski definition) is 3. The van der Waals surface area contributed by atoms with E-state index in [0.29, 0.717) is 12.5 Å². The highest BCUT2D eigenvalue weighted by atomic mass is 15.3. The number of aryl methyl sites for hydroxylation is 1. The van der Waals surface area contributed by atoms with Crippen LogP contribution in [0.3, 0.4) is 0 Å². The Morgan fingerprint density at radius 2 is 1.89 bits per heavy atom. The zero-order valence-electron chi connectivity index (χ0n) is 12.2. The van der Waals surface area contributed by atoms with E-state index in [9.17, 15) is 0 Å². The summed E-state index contributed by atoms with van der Waals surface area (Å²) in [7, 11) is 0. The van der Waals surface area contributed by atoms with Gasteiger partial charge in [0.25, 0.3) is 0 Å². The third kappa shape index (κ3) is 3.08. The van der Waals surface area contributed by atoms with Crippen LogP contribution in [0.4, 0.5) is 5.69 Å². The quantitative estimate of drug-likeness (QED) is 0.834. The molecular formula is C16H23N3. The summed E-state index contributed by atoms with van der Waals surface area (Å²) < 4.78 is 0. The Morgan fingerprint density at radius 1 is 1.21 bits per heavy atom. The fourth-order valence-electron chi connectivity index (χ4n) is 2.74. The summed E-state index contributed by atoms with van der Waals surface area (Å²) in [6, 6.07) is 9.18. The molecule has 0 saturated carbocycles. The maximum Gasteiger partial charge on any atom is 0.0638 e. The van der Waals surface area contributed by atoms with Crippen LogP contribution in [0.5, 0.6) is 0 Å². The van der Waals surface area contributed by atoms with Crippen molar-refractivity contribution >= 4 is 5.69 Å². The van der Waals surface area contributed by atoms with Crippen LogP contribution in [0.15, 0.2) is 18.2 Å². The molecule has 1 saturated heterocycles. The number of rotatable bonds is 3.